The average Bonchev–Trinajstić information content (AvgIpc) is 1.83. The minimum atomic E-state index is -1.09. The maximum Gasteiger partial charge on any atom is 0.257 e. The second-order valence-electron chi connectivity index (χ2n) is 1.59. The molecule has 1 heterocycles. The van der Waals surface area contributed by atoms with Crippen LogP contribution in [0.4, 0.5) is 0 Å². The molecule has 1 unspecified atom stereocenters. The van der Waals surface area contributed by atoms with Gasteiger partial charge in [-0.2, -0.15) is 0 Å². The van der Waals surface area contributed by atoms with Gasteiger partial charge in [0, 0.05) is 6.08 Å². The van der Waals surface area contributed by atoms with Crippen molar-refractivity contribution in [2.75, 3.05) is 0 Å². The van der Waals surface area contributed by atoms with Crippen molar-refractivity contribution in [3.63, 3.8) is 0 Å². The Hall–Kier alpha value is -1.16. The SMILES string of the molecule is NC1OC=CC(=O)C1=O. The maximum absolute atomic E-state index is 10.5. The first-order chi connectivity index (χ1) is 4.22. The number of ketones is 2. The van der Waals surface area contributed by atoms with Crippen LogP contribution < -0.4 is 5.73 Å². The molecule has 48 valence electrons. The van der Waals surface area contributed by atoms with Crippen molar-refractivity contribution in [2.24, 2.45) is 5.73 Å². The van der Waals surface area contributed by atoms with Gasteiger partial charge in [0.15, 0.2) is 0 Å². The molecule has 2 N–H and O–H groups in total. The number of hydrogen-bond acceptors (Lipinski definition) is 4. The molecule has 0 aromatic rings. The van der Waals surface area contributed by atoms with Crippen molar-refractivity contribution in [1.29, 1.82) is 0 Å². The van der Waals surface area contributed by atoms with E-state index in [-0.39, 0.29) is 0 Å². The lowest BCUT2D eigenvalue weighted by molar-refractivity contribution is -0.140. The van der Waals surface area contributed by atoms with Gasteiger partial charge in [-0.1, -0.05) is 0 Å². The summed E-state index contributed by atoms with van der Waals surface area (Å²) in [7, 11) is 0. The minimum absolute atomic E-state index is 0.603. The number of rotatable bonds is 0. The molecule has 0 radical (unpaired) electrons. The molecule has 0 amide bonds. The van der Waals surface area contributed by atoms with Crippen LogP contribution in [0.1, 0.15) is 0 Å². The van der Waals surface area contributed by atoms with Gasteiger partial charge in [0.2, 0.25) is 12.0 Å². The predicted molar refractivity (Wildman–Crippen MR) is 28.2 cm³/mol. The van der Waals surface area contributed by atoms with E-state index < -0.39 is 17.8 Å². The topological polar surface area (TPSA) is 69.4 Å². The largest absolute Gasteiger partial charge is 0.475 e. The lowest BCUT2D eigenvalue weighted by Gasteiger charge is -2.10. The van der Waals surface area contributed by atoms with E-state index in [9.17, 15) is 9.59 Å². The summed E-state index contributed by atoms with van der Waals surface area (Å²) >= 11 is 0. The highest BCUT2D eigenvalue weighted by Crippen LogP contribution is 1.96. The highest BCUT2D eigenvalue weighted by molar-refractivity contribution is 6.43. The van der Waals surface area contributed by atoms with Gasteiger partial charge in [-0.05, 0) is 0 Å². The zero-order valence-corrected chi connectivity index (χ0v) is 4.53. The molecule has 0 bridgehead atoms. The molecular formula is C5H5NO3. The molecule has 1 rings (SSSR count). The molecule has 4 heteroatoms. The molecule has 1 aliphatic rings. The lowest BCUT2D eigenvalue weighted by Crippen LogP contribution is -2.38. The third-order valence-corrected chi connectivity index (χ3v) is 0.946. The number of carbonyl (C=O) groups is 2. The first-order valence-corrected chi connectivity index (χ1v) is 2.37. The molecule has 0 saturated carbocycles. The van der Waals surface area contributed by atoms with Crippen LogP contribution in [-0.4, -0.2) is 17.8 Å². The number of ether oxygens (including phenoxy) is 1. The van der Waals surface area contributed by atoms with Crippen molar-refractivity contribution in [2.45, 2.75) is 6.23 Å². The lowest BCUT2D eigenvalue weighted by atomic mass is 10.2. The van der Waals surface area contributed by atoms with E-state index in [4.69, 9.17) is 5.73 Å². The zero-order chi connectivity index (χ0) is 6.85. The number of Topliss-reactive ketones (excluding diaryl/α,β-unsaturated/α-hetero) is 1. The molecule has 0 fully saturated rings. The average molecular weight is 127 g/mol. The van der Waals surface area contributed by atoms with Crippen LogP contribution >= 0.6 is 0 Å². The van der Waals surface area contributed by atoms with Gasteiger partial charge in [-0.15, -0.1) is 0 Å². The van der Waals surface area contributed by atoms with Crippen LogP contribution in [0.5, 0.6) is 0 Å². The number of hydrogen-bond donors (Lipinski definition) is 1. The standard InChI is InChI=1S/C5H5NO3/c6-5-4(8)3(7)1-2-9-5/h1-2,5H,6H2. The quantitative estimate of drug-likeness (QED) is 0.422. The first-order valence-electron chi connectivity index (χ1n) is 2.37. The first kappa shape index (κ1) is 5.97. The second-order valence-corrected chi connectivity index (χ2v) is 1.59. The van der Waals surface area contributed by atoms with E-state index in [2.05, 4.69) is 4.74 Å². The fourth-order valence-corrected chi connectivity index (χ4v) is 0.470. The van der Waals surface area contributed by atoms with Crippen LogP contribution in [0.2, 0.25) is 0 Å². The highest BCUT2D eigenvalue weighted by atomic mass is 16.5. The Bertz CT molecular complexity index is 185. The number of nitrogens with two attached hydrogens (primary N) is 1. The Kier molecular flexibility index (Phi) is 1.32. The Morgan fingerprint density at radius 3 is 2.67 bits per heavy atom. The molecule has 0 aromatic heterocycles. The van der Waals surface area contributed by atoms with E-state index in [1.165, 1.54) is 0 Å². The van der Waals surface area contributed by atoms with Crippen LogP contribution in [0.3, 0.4) is 0 Å². The zero-order valence-electron chi connectivity index (χ0n) is 4.53. The van der Waals surface area contributed by atoms with Gasteiger partial charge in [-0.25, -0.2) is 0 Å². The fourth-order valence-electron chi connectivity index (χ4n) is 0.470. The molecule has 9 heavy (non-hydrogen) atoms. The summed E-state index contributed by atoms with van der Waals surface area (Å²) in [4.78, 5) is 20.9. The van der Waals surface area contributed by atoms with Crippen molar-refractivity contribution in [3.8, 4) is 0 Å². The smallest absolute Gasteiger partial charge is 0.257 e. The molecule has 0 spiro atoms. The molecule has 1 atom stereocenters. The van der Waals surface area contributed by atoms with Gasteiger partial charge in [-0.3, -0.25) is 15.3 Å². The van der Waals surface area contributed by atoms with Crippen molar-refractivity contribution < 1.29 is 14.3 Å². The van der Waals surface area contributed by atoms with Crippen molar-refractivity contribution >= 4 is 11.6 Å². The fraction of sp³-hybridized carbons (Fsp3) is 0.200. The Labute approximate surface area is 51.3 Å². The van der Waals surface area contributed by atoms with Crippen molar-refractivity contribution in [1.82, 2.24) is 0 Å². The summed E-state index contributed by atoms with van der Waals surface area (Å²) in [6.45, 7) is 0. The second kappa shape index (κ2) is 1.99. The van der Waals surface area contributed by atoms with Gasteiger partial charge >= 0.3 is 0 Å². The monoisotopic (exact) mass is 127 g/mol. The number of carbonyl (C=O) groups excluding carboxylic acids is 2. The molecule has 0 aliphatic carbocycles. The third-order valence-electron chi connectivity index (χ3n) is 0.946. The summed E-state index contributed by atoms with van der Waals surface area (Å²) < 4.78 is 4.49. The molecule has 0 saturated heterocycles. The van der Waals surface area contributed by atoms with Crippen LogP contribution in [-0.2, 0) is 14.3 Å². The van der Waals surface area contributed by atoms with Crippen LogP contribution in [0, 0.1) is 0 Å². The van der Waals surface area contributed by atoms with E-state index in [1.807, 2.05) is 0 Å². The normalized spacial score (nSPS) is 26.1. The summed E-state index contributed by atoms with van der Waals surface area (Å²) in [5.41, 5.74) is 5.02. The highest BCUT2D eigenvalue weighted by Gasteiger charge is 2.23. The number of allylic oxidation sites excluding steroid dienone is 1. The van der Waals surface area contributed by atoms with Crippen LogP contribution in [0.15, 0.2) is 12.3 Å². The Balaban J connectivity index is 2.81. The summed E-state index contributed by atoms with van der Waals surface area (Å²) in [5.74, 6) is -1.30. The molecular weight excluding hydrogens is 122 g/mol. The summed E-state index contributed by atoms with van der Waals surface area (Å²) in [6.07, 6.45) is 1.07. The van der Waals surface area contributed by atoms with E-state index >= 15 is 0 Å². The van der Waals surface area contributed by atoms with E-state index in [0.717, 1.165) is 12.3 Å². The van der Waals surface area contributed by atoms with Gasteiger partial charge < -0.3 is 4.74 Å². The van der Waals surface area contributed by atoms with E-state index in [0.29, 0.717) is 0 Å². The molecule has 1 aliphatic heterocycles. The van der Waals surface area contributed by atoms with Gasteiger partial charge in [0.05, 0.1) is 6.26 Å². The van der Waals surface area contributed by atoms with Gasteiger partial charge in [0.25, 0.3) is 5.78 Å². The Morgan fingerprint density at radius 1 is 1.56 bits per heavy atom. The molecule has 0 aromatic carbocycles. The van der Waals surface area contributed by atoms with Gasteiger partial charge in [0.1, 0.15) is 0 Å². The Morgan fingerprint density at radius 2 is 2.22 bits per heavy atom. The van der Waals surface area contributed by atoms with E-state index in [1.54, 1.807) is 0 Å². The van der Waals surface area contributed by atoms with Crippen LogP contribution in [0.25, 0.3) is 0 Å². The minimum Gasteiger partial charge on any atom is -0.475 e. The van der Waals surface area contributed by atoms with Crippen molar-refractivity contribution in [3.05, 3.63) is 12.3 Å². The third kappa shape index (κ3) is 0.972. The summed E-state index contributed by atoms with van der Waals surface area (Å²) in [5, 5.41) is 0. The molecule has 4 nitrogen and oxygen atoms in total. The summed E-state index contributed by atoms with van der Waals surface area (Å²) in [6, 6.07) is 0. The predicted octanol–water partition coefficient (Wildman–Crippen LogP) is -1.05. The maximum atomic E-state index is 10.5.